The molecule has 2 rings (SSSR count). The summed E-state index contributed by atoms with van der Waals surface area (Å²) in [5, 5.41) is 12.6. The molecule has 1 aliphatic rings. The Kier molecular flexibility index (Phi) is 4.56. The molecule has 20 heavy (non-hydrogen) atoms. The van der Waals surface area contributed by atoms with Gasteiger partial charge >= 0.3 is 0 Å². The van der Waals surface area contributed by atoms with E-state index in [2.05, 4.69) is 11.4 Å². The fourth-order valence-electron chi connectivity index (χ4n) is 2.75. The van der Waals surface area contributed by atoms with E-state index in [0.717, 1.165) is 25.3 Å². The summed E-state index contributed by atoms with van der Waals surface area (Å²) in [7, 11) is 0. The molecule has 108 valence electrons. The van der Waals surface area contributed by atoms with Crippen LogP contribution in [0.1, 0.15) is 32.6 Å². The third-order valence-corrected chi connectivity index (χ3v) is 3.57. The monoisotopic (exact) mass is 280 g/mol. The van der Waals surface area contributed by atoms with E-state index in [0.29, 0.717) is 13.0 Å². The number of hydrogen-bond acceptors (Lipinski definition) is 3. The molecule has 0 spiro atoms. The van der Waals surface area contributed by atoms with Crippen LogP contribution in [-0.2, 0) is 0 Å². The lowest BCUT2D eigenvalue weighted by Gasteiger charge is -2.36. The number of benzene rings is 1. The molecule has 1 aliphatic carbocycles. The molecule has 0 bridgehead atoms. The fraction of sp³-hybridized carbons (Fsp3) is 0.533. The number of halogens is 2. The van der Waals surface area contributed by atoms with Crippen molar-refractivity contribution in [2.45, 2.75) is 44.2 Å². The van der Waals surface area contributed by atoms with Crippen molar-refractivity contribution in [2.75, 3.05) is 6.54 Å². The van der Waals surface area contributed by atoms with Crippen molar-refractivity contribution in [2.24, 2.45) is 0 Å². The normalized spacial score (nSPS) is 26.0. The Hall–Kier alpha value is -1.67. The minimum absolute atomic E-state index is 0.178. The van der Waals surface area contributed by atoms with Crippen LogP contribution in [0.2, 0.25) is 0 Å². The zero-order chi connectivity index (χ0) is 14.6. The molecule has 0 saturated heterocycles. The van der Waals surface area contributed by atoms with Crippen molar-refractivity contribution in [1.29, 1.82) is 5.26 Å². The van der Waals surface area contributed by atoms with E-state index in [-0.39, 0.29) is 11.9 Å². The van der Waals surface area contributed by atoms with Crippen molar-refractivity contribution in [1.82, 2.24) is 5.32 Å². The first-order chi connectivity index (χ1) is 9.57. The van der Waals surface area contributed by atoms with Gasteiger partial charge in [0, 0.05) is 24.6 Å². The highest BCUT2D eigenvalue weighted by Crippen LogP contribution is 2.31. The van der Waals surface area contributed by atoms with Gasteiger partial charge in [0.1, 0.15) is 29.0 Å². The first kappa shape index (κ1) is 14.7. The summed E-state index contributed by atoms with van der Waals surface area (Å²) in [5.41, 5.74) is -0.594. The maximum absolute atomic E-state index is 13.1. The Morgan fingerprint density at radius 2 is 2.10 bits per heavy atom. The molecule has 0 aliphatic heterocycles. The molecule has 1 saturated carbocycles. The molecule has 1 fully saturated rings. The number of ether oxygens (including phenoxy) is 1. The molecule has 2 atom stereocenters. The second-order valence-electron chi connectivity index (χ2n) is 5.17. The fourth-order valence-corrected chi connectivity index (χ4v) is 2.75. The quantitative estimate of drug-likeness (QED) is 0.921. The van der Waals surface area contributed by atoms with Gasteiger partial charge in [-0.2, -0.15) is 5.26 Å². The Balaban J connectivity index is 2.08. The molecule has 0 aromatic heterocycles. The highest BCUT2D eigenvalue weighted by molar-refractivity contribution is 5.24. The second-order valence-corrected chi connectivity index (χ2v) is 5.17. The minimum Gasteiger partial charge on any atom is -0.490 e. The van der Waals surface area contributed by atoms with Gasteiger partial charge in [-0.25, -0.2) is 8.78 Å². The van der Waals surface area contributed by atoms with E-state index in [1.165, 1.54) is 12.1 Å². The lowest BCUT2D eigenvalue weighted by molar-refractivity contribution is 0.113. The summed E-state index contributed by atoms with van der Waals surface area (Å²) >= 11 is 0. The predicted octanol–water partition coefficient (Wildman–Crippen LogP) is 3.16. The van der Waals surface area contributed by atoms with Crippen LogP contribution in [0.4, 0.5) is 8.78 Å². The van der Waals surface area contributed by atoms with Crippen LogP contribution >= 0.6 is 0 Å². The second kappa shape index (κ2) is 6.19. The molecule has 3 nitrogen and oxygen atoms in total. The maximum atomic E-state index is 13.1. The molecular weight excluding hydrogens is 262 g/mol. The standard InChI is InChI=1S/C15H18F2N2O/c1-2-19-15(10-18)5-3-4-13(9-15)20-14-7-11(16)6-12(17)8-14/h6-8,13,19H,2-5,9H2,1H3. The van der Waals surface area contributed by atoms with Crippen molar-refractivity contribution in [3.63, 3.8) is 0 Å². The van der Waals surface area contributed by atoms with Gasteiger partial charge in [0.05, 0.1) is 6.07 Å². The highest BCUT2D eigenvalue weighted by Gasteiger charge is 2.36. The molecule has 0 amide bonds. The topological polar surface area (TPSA) is 45.0 Å². The van der Waals surface area contributed by atoms with E-state index < -0.39 is 17.2 Å². The highest BCUT2D eigenvalue weighted by atomic mass is 19.1. The predicted molar refractivity (Wildman–Crippen MR) is 71.3 cm³/mol. The zero-order valence-electron chi connectivity index (χ0n) is 11.5. The molecular formula is C15H18F2N2O. The van der Waals surface area contributed by atoms with Crippen LogP contribution in [0, 0.1) is 23.0 Å². The van der Waals surface area contributed by atoms with Gasteiger partial charge in [-0.3, -0.25) is 5.32 Å². The van der Waals surface area contributed by atoms with Gasteiger partial charge < -0.3 is 4.74 Å². The van der Waals surface area contributed by atoms with Crippen molar-refractivity contribution < 1.29 is 13.5 Å². The summed E-state index contributed by atoms with van der Waals surface area (Å²) < 4.78 is 31.9. The van der Waals surface area contributed by atoms with Crippen LogP contribution in [-0.4, -0.2) is 18.2 Å². The first-order valence-electron chi connectivity index (χ1n) is 6.86. The van der Waals surface area contributed by atoms with Crippen molar-refractivity contribution in [3.05, 3.63) is 29.8 Å². The van der Waals surface area contributed by atoms with Crippen molar-refractivity contribution >= 4 is 0 Å². The lowest BCUT2D eigenvalue weighted by atomic mass is 9.81. The van der Waals surface area contributed by atoms with E-state index in [4.69, 9.17) is 4.74 Å². The Morgan fingerprint density at radius 1 is 1.40 bits per heavy atom. The number of hydrogen-bond donors (Lipinski definition) is 1. The molecule has 0 heterocycles. The average Bonchev–Trinajstić information content (AvgIpc) is 2.38. The van der Waals surface area contributed by atoms with Crippen LogP contribution < -0.4 is 10.1 Å². The van der Waals surface area contributed by atoms with E-state index >= 15 is 0 Å². The Labute approximate surface area is 117 Å². The molecule has 1 aromatic rings. The maximum Gasteiger partial charge on any atom is 0.129 e. The SMILES string of the molecule is CCNC1(C#N)CCCC(Oc2cc(F)cc(F)c2)C1. The molecule has 0 radical (unpaired) electrons. The molecule has 2 unspecified atom stereocenters. The minimum atomic E-state index is -0.658. The smallest absolute Gasteiger partial charge is 0.129 e. The summed E-state index contributed by atoms with van der Waals surface area (Å²) in [6.45, 7) is 2.65. The zero-order valence-corrected chi connectivity index (χ0v) is 11.5. The summed E-state index contributed by atoms with van der Waals surface area (Å²) in [6.07, 6.45) is 2.73. The van der Waals surface area contributed by atoms with Gasteiger partial charge in [-0.15, -0.1) is 0 Å². The van der Waals surface area contributed by atoms with Gasteiger partial charge in [-0.05, 0) is 25.8 Å². The van der Waals surface area contributed by atoms with Gasteiger partial charge in [0.25, 0.3) is 0 Å². The van der Waals surface area contributed by atoms with Gasteiger partial charge in [0.2, 0.25) is 0 Å². The van der Waals surface area contributed by atoms with E-state index in [9.17, 15) is 14.0 Å². The summed E-state index contributed by atoms with van der Waals surface area (Å²) in [6, 6.07) is 5.46. The van der Waals surface area contributed by atoms with Crippen LogP contribution in [0.25, 0.3) is 0 Å². The molecule has 1 aromatic carbocycles. The van der Waals surface area contributed by atoms with Crippen LogP contribution in [0.15, 0.2) is 18.2 Å². The Bertz CT molecular complexity index is 491. The van der Waals surface area contributed by atoms with Gasteiger partial charge in [-0.1, -0.05) is 6.92 Å². The van der Waals surface area contributed by atoms with E-state index in [1.807, 2.05) is 6.92 Å². The van der Waals surface area contributed by atoms with Crippen LogP contribution in [0.5, 0.6) is 5.75 Å². The largest absolute Gasteiger partial charge is 0.490 e. The van der Waals surface area contributed by atoms with Gasteiger partial charge in [0.15, 0.2) is 0 Å². The summed E-state index contributed by atoms with van der Waals surface area (Å²) in [5.74, 6) is -1.14. The number of nitrogens with one attached hydrogen (secondary N) is 1. The summed E-state index contributed by atoms with van der Waals surface area (Å²) in [4.78, 5) is 0. The number of nitrogens with zero attached hydrogens (tertiary/aromatic N) is 1. The first-order valence-corrected chi connectivity index (χ1v) is 6.86. The average molecular weight is 280 g/mol. The number of rotatable bonds is 4. The van der Waals surface area contributed by atoms with Crippen molar-refractivity contribution in [3.8, 4) is 11.8 Å². The molecule has 1 N–H and O–H groups in total. The van der Waals surface area contributed by atoms with Crippen LogP contribution in [0.3, 0.4) is 0 Å². The lowest BCUT2D eigenvalue weighted by Crippen LogP contribution is -2.49. The third-order valence-electron chi connectivity index (χ3n) is 3.57. The Morgan fingerprint density at radius 3 is 2.70 bits per heavy atom. The number of nitriles is 1. The third kappa shape index (κ3) is 3.45. The molecule has 5 heteroatoms. The van der Waals surface area contributed by atoms with E-state index in [1.54, 1.807) is 0 Å².